The monoisotopic (exact) mass is 417 g/mol. The normalized spacial score (nSPS) is 15.8. The molecule has 0 aliphatic heterocycles. The highest BCUT2D eigenvalue weighted by Crippen LogP contribution is 2.33. The Balaban J connectivity index is 1.47. The fourth-order valence-electron chi connectivity index (χ4n) is 4.64. The highest BCUT2D eigenvalue weighted by molar-refractivity contribution is 5.81. The van der Waals surface area contributed by atoms with Gasteiger partial charge in [0.25, 0.3) is 5.56 Å². The Bertz CT molecular complexity index is 1100. The number of amides is 1. The van der Waals surface area contributed by atoms with E-state index in [-0.39, 0.29) is 30.0 Å². The van der Waals surface area contributed by atoms with E-state index in [1.54, 1.807) is 12.3 Å². The van der Waals surface area contributed by atoms with Gasteiger partial charge in [0.2, 0.25) is 5.91 Å². The molecule has 1 amide bonds. The SMILES string of the molecule is CC(C)[C@H](NC(=O)Cn1ncc2ccccc2c1=O)c1ccc(C2CCCCC2)cc1. The lowest BCUT2D eigenvalue weighted by Crippen LogP contribution is -2.37. The summed E-state index contributed by atoms with van der Waals surface area (Å²) >= 11 is 0. The molecule has 1 saturated carbocycles. The van der Waals surface area contributed by atoms with Gasteiger partial charge in [0.05, 0.1) is 17.6 Å². The lowest BCUT2D eigenvalue weighted by molar-refractivity contribution is -0.123. The van der Waals surface area contributed by atoms with Gasteiger partial charge in [-0.05, 0) is 41.9 Å². The third-order valence-corrected chi connectivity index (χ3v) is 6.41. The maximum Gasteiger partial charge on any atom is 0.275 e. The smallest absolute Gasteiger partial charge is 0.275 e. The first kappa shape index (κ1) is 21.3. The van der Waals surface area contributed by atoms with Crippen LogP contribution in [0.25, 0.3) is 10.8 Å². The van der Waals surface area contributed by atoms with Gasteiger partial charge in [-0.25, -0.2) is 4.68 Å². The van der Waals surface area contributed by atoms with Crippen LogP contribution in [0, 0.1) is 5.92 Å². The van der Waals surface area contributed by atoms with Gasteiger partial charge in [-0.2, -0.15) is 5.10 Å². The van der Waals surface area contributed by atoms with Crippen molar-refractivity contribution in [2.24, 2.45) is 5.92 Å². The topological polar surface area (TPSA) is 64.0 Å². The summed E-state index contributed by atoms with van der Waals surface area (Å²) in [5.74, 6) is 0.687. The van der Waals surface area contributed by atoms with Gasteiger partial charge < -0.3 is 5.32 Å². The van der Waals surface area contributed by atoms with E-state index in [1.807, 2.05) is 18.2 Å². The number of carbonyl (C=O) groups is 1. The lowest BCUT2D eigenvalue weighted by atomic mass is 9.83. The predicted molar refractivity (Wildman–Crippen MR) is 124 cm³/mol. The first-order chi connectivity index (χ1) is 15.0. The van der Waals surface area contributed by atoms with Gasteiger partial charge in [0, 0.05) is 5.39 Å². The number of fused-ring (bicyclic) bond motifs is 1. The number of aromatic nitrogens is 2. The Kier molecular flexibility index (Phi) is 6.50. The molecule has 4 rings (SSSR count). The molecular formula is C26H31N3O2. The van der Waals surface area contributed by atoms with Crippen LogP contribution in [0.2, 0.25) is 0 Å². The third-order valence-electron chi connectivity index (χ3n) is 6.41. The zero-order valence-electron chi connectivity index (χ0n) is 18.4. The molecule has 5 heteroatoms. The summed E-state index contributed by atoms with van der Waals surface area (Å²) in [6, 6.07) is 15.9. The molecule has 0 spiro atoms. The molecule has 1 N–H and O–H groups in total. The van der Waals surface area contributed by atoms with Crippen LogP contribution in [0.5, 0.6) is 0 Å². The molecule has 0 unspecified atom stereocenters. The second kappa shape index (κ2) is 9.46. The van der Waals surface area contributed by atoms with Gasteiger partial charge in [0.1, 0.15) is 6.54 Å². The van der Waals surface area contributed by atoms with E-state index in [0.717, 1.165) is 10.9 Å². The molecule has 5 nitrogen and oxygen atoms in total. The fraction of sp³-hybridized carbons (Fsp3) is 0.423. The van der Waals surface area contributed by atoms with Crippen LogP contribution in [0.15, 0.2) is 59.5 Å². The fourth-order valence-corrected chi connectivity index (χ4v) is 4.64. The Morgan fingerprint density at radius 1 is 1.06 bits per heavy atom. The summed E-state index contributed by atoms with van der Waals surface area (Å²) < 4.78 is 1.24. The van der Waals surface area contributed by atoms with E-state index in [4.69, 9.17) is 0 Å². The summed E-state index contributed by atoms with van der Waals surface area (Å²) in [6.45, 7) is 4.11. The lowest BCUT2D eigenvalue weighted by Gasteiger charge is -2.25. The number of benzene rings is 2. The molecule has 0 bridgehead atoms. The Morgan fingerprint density at radius 3 is 2.48 bits per heavy atom. The van der Waals surface area contributed by atoms with E-state index >= 15 is 0 Å². The standard InChI is InChI=1S/C26H31N3O2/c1-18(2)25(21-14-12-20(13-15-21)19-8-4-3-5-9-19)28-24(30)17-29-26(31)23-11-7-6-10-22(23)16-27-29/h6-7,10-16,18-19,25H,3-5,8-9,17H2,1-2H3,(H,28,30)/t25-/m0/s1. The quantitative estimate of drug-likeness (QED) is 0.617. The van der Waals surface area contributed by atoms with Crippen molar-refractivity contribution in [3.05, 3.63) is 76.2 Å². The number of nitrogens with one attached hydrogen (secondary N) is 1. The molecule has 1 aliphatic carbocycles. The van der Waals surface area contributed by atoms with Gasteiger partial charge in [-0.3, -0.25) is 9.59 Å². The van der Waals surface area contributed by atoms with Crippen LogP contribution >= 0.6 is 0 Å². The van der Waals surface area contributed by atoms with Crippen LogP contribution in [-0.4, -0.2) is 15.7 Å². The number of nitrogens with zero attached hydrogens (tertiary/aromatic N) is 2. The van der Waals surface area contributed by atoms with Crippen LogP contribution < -0.4 is 10.9 Å². The molecule has 2 aromatic carbocycles. The third kappa shape index (κ3) is 4.87. The molecule has 1 heterocycles. The molecular weight excluding hydrogens is 386 g/mol. The number of hydrogen-bond donors (Lipinski definition) is 1. The summed E-state index contributed by atoms with van der Waals surface area (Å²) in [4.78, 5) is 25.5. The second-order valence-corrected chi connectivity index (χ2v) is 8.99. The summed E-state index contributed by atoms with van der Waals surface area (Å²) in [5, 5.41) is 8.65. The van der Waals surface area contributed by atoms with Crippen molar-refractivity contribution in [3.8, 4) is 0 Å². The molecule has 1 fully saturated rings. The molecule has 0 saturated heterocycles. The van der Waals surface area contributed by atoms with E-state index in [0.29, 0.717) is 11.3 Å². The van der Waals surface area contributed by atoms with E-state index in [9.17, 15) is 9.59 Å². The van der Waals surface area contributed by atoms with Crippen LogP contribution in [-0.2, 0) is 11.3 Å². The van der Waals surface area contributed by atoms with Crippen molar-refractivity contribution in [3.63, 3.8) is 0 Å². The molecule has 3 aromatic rings. The number of rotatable bonds is 6. The van der Waals surface area contributed by atoms with E-state index < -0.39 is 0 Å². The highest BCUT2D eigenvalue weighted by Gasteiger charge is 2.21. The number of carbonyl (C=O) groups excluding carboxylic acids is 1. The zero-order valence-corrected chi connectivity index (χ0v) is 18.4. The molecule has 1 aromatic heterocycles. The Hall–Kier alpha value is -2.95. The maximum absolute atomic E-state index is 12.8. The molecule has 1 aliphatic rings. The minimum Gasteiger partial charge on any atom is -0.347 e. The van der Waals surface area contributed by atoms with Gasteiger partial charge in [-0.15, -0.1) is 0 Å². The van der Waals surface area contributed by atoms with Crippen LogP contribution in [0.4, 0.5) is 0 Å². The molecule has 31 heavy (non-hydrogen) atoms. The van der Waals surface area contributed by atoms with Gasteiger partial charge >= 0.3 is 0 Å². The molecule has 162 valence electrons. The largest absolute Gasteiger partial charge is 0.347 e. The van der Waals surface area contributed by atoms with Crippen LogP contribution in [0.1, 0.15) is 69.0 Å². The van der Waals surface area contributed by atoms with E-state index in [2.05, 4.69) is 48.5 Å². The van der Waals surface area contributed by atoms with Gasteiger partial charge in [-0.1, -0.05) is 75.6 Å². The zero-order chi connectivity index (χ0) is 21.8. The summed E-state index contributed by atoms with van der Waals surface area (Å²) in [7, 11) is 0. The van der Waals surface area contributed by atoms with E-state index in [1.165, 1.54) is 42.3 Å². The molecule has 1 atom stereocenters. The minimum absolute atomic E-state index is 0.0902. The van der Waals surface area contributed by atoms with Crippen molar-refractivity contribution < 1.29 is 4.79 Å². The number of hydrogen-bond acceptors (Lipinski definition) is 3. The van der Waals surface area contributed by atoms with Crippen LogP contribution in [0.3, 0.4) is 0 Å². The van der Waals surface area contributed by atoms with Crippen molar-refractivity contribution in [1.29, 1.82) is 0 Å². The first-order valence-electron chi connectivity index (χ1n) is 11.4. The minimum atomic E-state index is -0.244. The average Bonchev–Trinajstić information content (AvgIpc) is 2.80. The van der Waals surface area contributed by atoms with Crippen molar-refractivity contribution in [2.45, 2.75) is 64.5 Å². The Morgan fingerprint density at radius 2 is 1.77 bits per heavy atom. The van der Waals surface area contributed by atoms with Crippen molar-refractivity contribution >= 4 is 16.7 Å². The summed E-state index contributed by atoms with van der Waals surface area (Å²) in [5.41, 5.74) is 2.26. The maximum atomic E-state index is 12.8. The Labute approximate surface area is 183 Å². The first-order valence-corrected chi connectivity index (χ1v) is 11.4. The van der Waals surface area contributed by atoms with Crippen molar-refractivity contribution in [2.75, 3.05) is 0 Å². The van der Waals surface area contributed by atoms with Crippen molar-refractivity contribution in [1.82, 2.24) is 15.1 Å². The predicted octanol–water partition coefficient (Wildman–Crippen LogP) is 4.96. The molecule has 0 radical (unpaired) electrons. The summed E-state index contributed by atoms with van der Waals surface area (Å²) in [6.07, 6.45) is 8.17. The second-order valence-electron chi connectivity index (χ2n) is 8.99. The van der Waals surface area contributed by atoms with Gasteiger partial charge in [0.15, 0.2) is 0 Å². The average molecular weight is 418 g/mol. The highest BCUT2D eigenvalue weighted by atomic mass is 16.2.